The van der Waals surface area contributed by atoms with Gasteiger partial charge in [0.2, 0.25) is 0 Å². The Labute approximate surface area is 151 Å². The molecule has 0 aliphatic heterocycles. The van der Waals surface area contributed by atoms with E-state index in [1.807, 2.05) is 0 Å². The first-order valence-electron chi connectivity index (χ1n) is 7.27. The average molecular weight is 394 g/mol. The Morgan fingerprint density at radius 2 is 2.04 bits per heavy atom. The normalized spacial score (nSPS) is 19.6. The number of nitrogens with zero attached hydrogens (tertiary/aromatic N) is 3. The summed E-state index contributed by atoms with van der Waals surface area (Å²) in [6, 6.07) is 0.754. The van der Waals surface area contributed by atoms with Crippen molar-refractivity contribution in [2.45, 2.75) is 20.0 Å². The van der Waals surface area contributed by atoms with Gasteiger partial charge in [-0.25, -0.2) is 4.79 Å². The summed E-state index contributed by atoms with van der Waals surface area (Å²) in [6.45, 7) is 3.77. The number of hydrogen-bond acceptors (Lipinski definition) is 4. The molecule has 5 nitrogen and oxygen atoms in total. The molecule has 10 heteroatoms. The largest absolute Gasteiger partial charge is 0.431 e. The minimum atomic E-state index is -4.68. The summed E-state index contributed by atoms with van der Waals surface area (Å²) in [7, 11) is 1.04. The fourth-order valence-electron chi connectivity index (χ4n) is 2.40. The van der Waals surface area contributed by atoms with E-state index in [-0.39, 0.29) is 4.64 Å². The molecule has 0 amide bonds. The lowest BCUT2D eigenvalue weighted by Crippen LogP contribution is -2.36. The number of halogens is 4. The van der Waals surface area contributed by atoms with Gasteiger partial charge in [-0.05, 0) is 19.1 Å². The highest BCUT2D eigenvalue weighted by Crippen LogP contribution is 2.31. The fourth-order valence-corrected chi connectivity index (χ4v) is 2.95. The standard InChI is InChI=1S/C15H15ClF3N3O2S/c1-4-24-20-13-8(2)10(6-5-9(13)16)22-12(25)7-11(15(17,18)19)21(3)14(22)23/h5-8H,4H2,1-3H3. The van der Waals surface area contributed by atoms with E-state index in [1.165, 1.54) is 12.2 Å². The van der Waals surface area contributed by atoms with E-state index in [9.17, 15) is 18.0 Å². The zero-order valence-corrected chi connectivity index (χ0v) is 15.2. The highest BCUT2D eigenvalue weighted by atomic mass is 35.5. The molecule has 136 valence electrons. The molecule has 0 spiro atoms. The predicted octanol–water partition coefficient (Wildman–Crippen LogP) is 3.94. The van der Waals surface area contributed by atoms with Gasteiger partial charge in [-0.15, -0.1) is 0 Å². The third-order valence-electron chi connectivity index (χ3n) is 3.66. The van der Waals surface area contributed by atoms with Gasteiger partial charge in [0.1, 0.15) is 22.7 Å². The van der Waals surface area contributed by atoms with Gasteiger partial charge in [-0.1, -0.05) is 35.9 Å². The molecule has 0 bridgehead atoms. The van der Waals surface area contributed by atoms with Gasteiger partial charge in [0.25, 0.3) is 0 Å². The highest BCUT2D eigenvalue weighted by Gasteiger charge is 2.35. The van der Waals surface area contributed by atoms with E-state index in [2.05, 4.69) is 5.16 Å². The maximum Gasteiger partial charge on any atom is 0.431 e. The number of allylic oxidation sites excluding steroid dienone is 4. The van der Waals surface area contributed by atoms with Crippen LogP contribution >= 0.6 is 23.8 Å². The molecule has 25 heavy (non-hydrogen) atoms. The van der Waals surface area contributed by atoms with Gasteiger partial charge >= 0.3 is 11.9 Å². The van der Waals surface area contributed by atoms with E-state index in [0.29, 0.717) is 27.6 Å². The van der Waals surface area contributed by atoms with Crippen LogP contribution in [0.15, 0.2) is 33.2 Å². The van der Waals surface area contributed by atoms with E-state index in [4.69, 9.17) is 28.7 Å². The molecule has 0 radical (unpaired) electrons. The van der Waals surface area contributed by atoms with Crippen LogP contribution in [-0.2, 0) is 18.1 Å². The number of aromatic nitrogens is 2. The van der Waals surface area contributed by atoms with Gasteiger partial charge in [0, 0.05) is 24.7 Å². The second-order valence-electron chi connectivity index (χ2n) is 5.26. The Morgan fingerprint density at radius 1 is 1.40 bits per heavy atom. The number of alkyl halides is 3. The van der Waals surface area contributed by atoms with E-state index in [0.717, 1.165) is 17.7 Å². The van der Waals surface area contributed by atoms with Crippen molar-refractivity contribution in [1.82, 2.24) is 9.13 Å². The second kappa shape index (κ2) is 7.17. The van der Waals surface area contributed by atoms with Crippen molar-refractivity contribution in [3.8, 4) is 0 Å². The molecule has 1 atom stereocenters. The van der Waals surface area contributed by atoms with Crippen molar-refractivity contribution in [3.05, 3.63) is 44.1 Å². The first-order valence-corrected chi connectivity index (χ1v) is 8.06. The summed E-state index contributed by atoms with van der Waals surface area (Å²) in [5, 5.41) is 4.24. The molecule has 1 aliphatic carbocycles. The van der Waals surface area contributed by atoms with Crippen molar-refractivity contribution >= 4 is 35.2 Å². The first kappa shape index (κ1) is 19.5. The van der Waals surface area contributed by atoms with Gasteiger partial charge in [0.15, 0.2) is 0 Å². The van der Waals surface area contributed by atoms with Crippen molar-refractivity contribution in [1.29, 1.82) is 0 Å². The monoisotopic (exact) mass is 393 g/mol. The highest BCUT2D eigenvalue weighted by molar-refractivity contribution is 7.71. The maximum absolute atomic E-state index is 13.0. The molecule has 0 saturated carbocycles. The Kier molecular flexibility index (Phi) is 5.58. The Balaban J connectivity index is 2.66. The molecular formula is C15H15ClF3N3O2S. The molecule has 0 N–H and O–H groups in total. The summed E-state index contributed by atoms with van der Waals surface area (Å²) in [4.78, 5) is 17.5. The van der Waals surface area contributed by atoms with Crippen LogP contribution in [0.2, 0.25) is 0 Å². The average Bonchev–Trinajstić information content (AvgIpc) is 2.52. The van der Waals surface area contributed by atoms with Gasteiger partial charge in [-0.3, -0.25) is 9.13 Å². The van der Waals surface area contributed by atoms with Crippen LogP contribution < -0.4 is 5.69 Å². The summed E-state index contributed by atoms with van der Waals surface area (Å²) >= 11 is 11.1. The zero-order chi connectivity index (χ0) is 18.9. The van der Waals surface area contributed by atoms with Gasteiger partial charge in [0.05, 0.1) is 5.03 Å². The van der Waals surface area contributed by atoms with E-state index in [1.54, 1.807) is 13.8 Å². The van der Waals surface area contributed by atoms with Gasteiger partial charge in [-0.2, -0.15) is 13.2 Å². The smallest absolute Gasteiger partial charge is 0.396 e. The SMILES string of the molecule is CCON=C1C(Cl)=CC=C(n2c(=S)cc(C(F)(F)F)n(C)c2=O)C1C. The molecule has 1 aromatic rings. The van der Waals surface area contributed by atoms with Crippen LogP contribution in [0.5, 0.6) is 0 Å². The molecular weight excluding hydrogens is 379 g/mol. The second-order valence-corrected chi connectivity index (χ2v) is 6.09. The summed E-state index contributed by atoms with van der Waals surface area (Å²) < 4.78 is 40.4. The maximum atomic E-state index is 13.0. The van der Waals surface area contributed by atoms with E-state index >= 15 is 0 Å². The molecule has 0 fully saturated rings. The summed E-state index contributed by atoms with van der Waals surface area (Å²) in [5.74, 6) is -0.500. The lowest BCUT2D eigenvalue weighted by molar-refractivity contribution is -0.144. The number of oxime groups is 1. The van der Waals surface area contributed by atoms with Crippen LogP contribution in [0, 0.1) is 10.6 Å². The molecule has 1 aliphatic rings. The van der Waals surface area contributed by atoms with Gasteiger partial charge < -0.3 is 4.84 Å². The quantitative estimate of drug-likeness (QED) is 0.577. The van der Waals surface area contributed by atoms with Crippen LogP contribution in [0.1, 0.15) is 19.5 Å². The molecule has 1 aromatic heterocycles. The predicted molar refractivity (Wildman–Crippen MR) is 91.9 cm³/mol. The Bertz CT molecular complexity index is 897. The van der Waals surface area contributed by atoms with Crippen molar-refractivity contribution < 1.29 is 18.0 Å². The Morgan fingerprint density at radius 3 is 2.60 bits per heavy atom. The third kappa shape index (κ3) is 3.72. The summed E-state index contributed by atoms with van der Waals surface area (Å²) in [5.41, 5.74) is -1.29. The van der Waals surface area contributed by atoms with Crippen LogP contribution in [0.4, 0.5) is 13.2 Å². The van der Waals surface area contributed by atoms with Crippen molar-refractivity contribution in [3.63, 3.8) is 0 Å². The fraction of sp³-hybridized carbons (Fsp3) is 0.400. The lowest BCUT2D eigenvalue weighted by atomic mass is 9.96. The lowest BCUT2D eigenvalue weighted by Gasteiger charge is -2.23. The zero-order valence-electron chi connectivity index (χ0n) is 13.6. The summed E-state index contributed by atoms with van der Waals surface area (Å²) in [6.07, 6.45) is -1.66. The number of hydrogen-bond donors (Lipinski definition) is 0. The van der Waals surface area contributed by atoms with E-state index < -0.39 is 23.5 Å². The minimum Gasteiger partial charge on any atom is -0.396 e. The molecule has 2 rings (SSSR count). The third-order valence-corrected chi connectivity index (χ3v) is 4.28. The topological polar surface area (TPSA) is 48.5 Å². The van der Waals surface area contributed by atoms with Crippen LogP contribution in [0.25, 0.3) is 5.70 Å². The Hall–Kier alpha value is -1.87. The minimum absolute atomic E-state index is 0.254. The van der Waals surface area contributed by atoms with Crippen LogP contribution in [-0.4, -0.2) is 21.5 Å². The molecule has 1 heterocycles. The molecule has 1 unspecified atom stereocenters. The van der Waals surface area contributed by atoms with Crippen molar-refractivity contribution in [2.75, 3.05) is 6.61 Å². The number of rotatable bonds is 3. The molecule has 0 aromatic carbocycles. The van der Waals surface area contributed by atoms with Crippen LogP contribution in [0.3, 0.4) is 0 Å². The van der Waals surface area contributed by atoms with Crippen molar-refractivity contribution in [2.24, 2.45) is 18.1 Å². The molecule has 0 saturated heterocycles. The first-order chi connectivity index (χ1) is 11.6.